The molecule has 0 saturated carbocycles. The van der Waals surface area contributed by atoms with Crippen molar-refractivity contribution in [3.63, 3.8) is 0 Å². The zero-order chi connectivity index (χ0) is 30.4. The van der Waals surface area contributed by atoms with Crippen LogP contribution in [0, 0.1) is 17.5 Å². The number of benzene rings is 3. The zero-order valence-electron chi connectivity index (χ0n) is 25.8. The minimum atomic E-state index is 0. The molecule has 0 saturated heterocycles. The molecular formula is C40H35IrN3O-2. The maximum Gasteiger partial charge on any atom is 0.216 e. The SMILES string of the molecule is CC(C)(C)Cc1ccnc(-c2[c-]ccc3c2oc2nc(CCc4ccccc4)ccc23)c1.[Ir].[c-]1ccccc1-c1ccccn1. The topological polar surface area (TPSA) is 51.8 Å². The molecule has 5 heteroatoms. The van der Waals surface area contributed by atoms with Crippen molar-refractivity contribution >= 4 is 22.1 Å². The molecule has 4 heterocycles. The number of pyridine rings is 3. The second-order valence-corrected chi connectivity index (χ2v) is 12.1. The maximum atomic E-state index is 6.29. The van der Waals surface area contributed by atoms with Crippen LogP contribution in [-0.4, -0.2) is 15.0 Å². The molecule has 0 unspecified atom stereocenters. The molecule has 4 nitrogen and oxygen atoms in total. The Bertz CT molecular complexity index is 1930. The van der Waals surface area contributed by atoms with Crippen LogP contribution in [0.4, 0.5) is 0 Å². The number of aryl methyl sites for hydroxylation is 2. The number of hydrogen-bond acceptors (Lipinski definition) is 4. The van der Waals surface area contributed by atoms with Crippen LogP contribution in [0.15, 0.2) is 126 Å². The second-order valence-electron chi connectivity index (χ2n) is 12.1. The van der Waals surface area contributed by atoms with Gasteiger partial charge in [-0.3, -0.25) is 0 Å². The van der Waals surface area contributed by atoms with Gasteiger partial charge in [-0.2, -0.15) is 0 Å². The number of furan rings is 1. The predicted molar refractivity (Wildman–Crippen MR) is 179 cm³/mol. The summed E-state index contributed by atoms with van der Waals surface area (Å²) >= 11 is 0. The number of fused-ring (bicyclic) bond motifs is 3. The first-order valence-corrected chi connectivity index (χ1v) is 15.0. The van der Waals surface area contributed by atoms with Gasteiger partial charge in [0.15, 0.2) is 0 Å². The molecule has 7 aromatic rings. The summed E-state index contributed by atoms with van der Waals surface area (Å²) in [4.78, 5) is 13.7. The van der Waals surface area contributed by atoms with Gasteiger partial charge in [-0.15, -0.1) is 54.1 Å². The zero-order valence-corrected chi connectivity index (χ0v) is 28.1. The van der Waals surface area contributed by atoms with Gasteiger partial charge in [-0.1, -0.05) is 85.8 Å². The van der Waals surface area contributed by atoms with Gasteiger partial charge in [0.25, 0.3) is 0 Å². The van der Waals surface area contributed by atoms with Gasteiger partial charge in [0, 0.05) is 43.6 Å². The van der Waals surface area contributed by atoms with Gasteiger partial charge in [0.05, 0.1) is 5.58 Å². The number of rotatable bonds is 6. The summed E-state index contributed by atoms with van der Waals surface area (Å²) in [5.74, 6) is 0. The quantitative estimate of drug-likeness (QED) is 0.158. The monoisotopic (exact) mass is 766 g/mol. The van der Waals surface area contributed by atoms with E-state index in [-0.39, 0.29) is 25.5 Å². The molecule has 0 amide bonds. The van der Waals surface area contributed by atoms with Crippen LogP contribution < -0.4 is 0 Å². The predicted octanol–water partition coefficient (Wildman–Crippen LogP) is 9.76. The van der Waals surface area contributed by atoms with Crippen LogP contribution >= 0.6 is 0 Å². The Morgan fingerprint density at radius 1 is 0.667 bits per heavy atom. The fraction of sp³-hybridized carbons (Fsp3) is 0.175. The van der Waals surface area contributed by atoms with E-state index in [2.05, 4.69) is 97.5 Å². The van der Waals surface area contributed by atoms with Gasteiger partial charge in [0.1, 0.15) is 0 Å². The molecule has 0 aliphatic rings. The van der Waals surface area contributed by atoms with Crippen LogP contribution in [0.5, 0.6) is 0 Å². The molecule has 0 spiro atoms. The van der Waals surface area contributed by atoms with Gasteiger partial charge < -0.3 is 14.4 Å². The van der Waals surface area contributed by atoms with Crippen LogP contribution in [0.25, 0.3) is 44.6 Å². The first-order chi connectivity index (χ1) is 21.4. The molecule has 0 bridgehead atoms. The van der Waals surface area contributed by atoms with Crippen molar-refractivity contribution in [3.8, 4) is 22.5 Å². The second kappa shape index (κ2) is 14.6. The van der Waals surface area contributed by atoms with Gasteiger partial charge in [0.2, 0.25) is 5.71 Å². The molecule has 0 N–H and O–H groups in total. The van der Waals surface area contributed by atoms with Crippen LogP contribution in [0.2, 0.25) is 0 Å². The molecule has 7 rings (SSSR count). The fourth-order valence-corrected chi connectivity index (χ4v) is 5.32. The van der Waals surface area contributed by atoms with Crippen molar-refractivity contribution in [3.05, 3.63) is 151 Å². The molecule has 45 heavy (non-hydrogen) atoms. The first kappa shape index (κ1) is 32.0. The third kappa shape index (κ3) is 8.19. The Labute approximate surface area is 279 Å². The summed E-state index contributed by atoms with van der Waals surface area (Å²) in [5, 5.41) is 2.09. The molecule has 3 aromatic carbocycles. The van der Waals surface area contributed by atoms with E-state index >= 15 is 0 Å². The number of hydrogen-bond donors (Lipinski definition) is 0. The molecule has 0 atom stereocenters. The van der Waals surface area contributed by atoms with Crippen molar-refractivity contribution in [1.29, 1.82) is 0 Å². The van der Waals surface area contributed by atoms with Crippen LogP contribution in [-0.2, 0) is 39.4 Å². The normalized spacial score (nSPS) is 11.1. The van der Waals surface area contributed by atoms with E-state index in [1.807, 2.05) is 60.8 Å². The summed E-state index contributed by atoms with van der Waals surface area (Å²) in [6, 6.07) is 43.2. The van der Waals surface area contributed by atoms with E-state index in [9.17, 15) is 0 Å². The Hall–Kier alpha value is -4.44. The molecule has 4 aromatic heterocycles. The maximum absolute atomic E-state index is 6.29. The third-order valence-electron chi connectivity index (χ3n) is 7.33. The molecule has 0 aliphatic heterocycles. The Morgan fingerprint density at radius 2 is 1.47 bits per heavy atom. The van der Waals surface area contributed by atoms with Gasteiger partial charge in [-0.05, 0) is 65.9 Å². The molecular weight excluding hydrogens is 731 g/mol. The Kier molecular flexibility index (Phi) is 10.3. The number of nitrogens with zero attached hydrogens (tertiary/aromatic N) is 3. The first-order valence-electron chi connectivity index (χ1n) is 15.0. The van der Waals surface area contributed by atoms with E-state index in [1.165, 1.54) is 11.1 Å². The van der Waals surface area contributed by atoms with E-state index in [4.69, 9.17) is 9.40 Å². The van der Waals surface area contributed by atoms with E-state index in [0.717, 1.165) is 63.8 Å². The van der Waals surface area contributed by atoms with Crippen LogP contribution in [0.1, 0.15) is 37.6 Å². The van der Waals surface area contributed by atoms with Crippen molar-refractivity contribution < 1.29 is 24.5 Å². The largest absolute Gasteiger partial charge is 0.486 e. The molecule has 0 aliphatic carbocycles. The summed E-state index contributed by atoms with van der Waals surface area (Å²) < 4.78 is 6.29. The average Bonchev–Trinajstić information content (AvgIpc) is 3.43. The summed E-state index contributed by atoms with van der Waals surface area (Å²) in [6.45, 7) is 6.75. The Morgan fingerprint density at radius 3 is 2.22 bits per heavy atom. The Balaban J connectivity index is 0.000000258. The summed E-state index contributed by atoms with van der Waals surface area (Å²) in [7, 11) is 0. The average molecular weight is 766 g/mol. The third-order valence-corrected chi connectivity index (χ3v) is 7.33. The summed E-state index contributed by atoms with van der Waals surface area (Å²) in [6.07, 6.45) is 6.50. The van der Waals surface area contributed by atoms with E-state index in [1.54, 1.807) is 6.20 Å². The van der Waals surface area contributed by atoms with Crippen LogP contribution in [0.3, 0.4) is 0 Å². The van der Waals surface area contributed by atoms with E-state index in [0.29, 0.717) is 5.71 Å². The van der Waals surface area contributed by atoms with Gasteiger partial charge in [-0.25, -0.2) is 4.98 Å². The van der Waals surface area contributed by atoms with Crippen molar-refractivity contribution in [2.45, 2.75) is 40.0 Å². The fourth-order valence-electron chi connectivity index (χ4n) is 5.32. The summed E-state index contributed by atoms with van der Waals surface area (Å²) in [5.41, 5.74) is 9.11. The van der Waals surface area contributed by atoms with Crippen molar-refractivity contribution in [2.24, 2.45) is 5.41 Å². The molecule has 227 valence electrons. The van der Waals surface area contributed by atoms with Crippen molar-refractivity contribution in [2.75, 3.05) is 0 Å². The molecule has 0 fully saturated rings. The van der Waals surface area contributed by atoms with Gasteiger partial charge >= 0.3 is 0 Å². The van der Waals surface area contributed by atoms with E-state index < -0.39 is 0 Å². The van der Waals surface area contributed by atoms with Crippen molar-refractivity contribution in [1.82, 2.24) is 15.0 Å². The number of aromatic nitrogens is 3. The smallest absolute Gasteiger partial charge is 0.216 e. The minimum absolute atomic E-state index is 0. The minimum Gasteiger partial charge on any atom is -0.486 e. The molecule has 1 radical (unpaired) electrons. The standard InChI is InChI=1S/C29H27N2O.C11H8N.Ir/c1-29(2,3)19-21-16-17-30-26(18-21)25-11-7-10-23-24-15-14-22(31-28(24)32-27(23)25)13-12-20-8-5-4-6-9-20;1-2-6-10(7-3-1)11-8-4-5-9-12-11;/h4-10,14-18H,12-13,19H2,1-3H3;1-6,8-9H;/q2*-1;.